The van der Waals surface area contributed by atoms with Crippen LogP contribution in [0.2, 0.25) is 0 Å². The molecule has 1 N–H and O–H groups in total. The summed E-state index contributed by atoms with van der Waals surface area (Å²) in [7, 11) is 0. The molecule has 0 spiro atoms. The van der Waals surface area contributed by atoms with Crippen molar-refractivity contribution >= 4 is 22.6 Å². The largest absolute Gasteiger partial charge is 0.288 e. The molecular weight excluding hydrogens is 226 g/mol. The first-order valence-corrected chi connectivity index (χ1v) is 6.19. The Kier molecular flexibility index (Phi) is 1.74. The van der Waals surface area contributed by atoms with E-state index < -0.39 is 0 Å². The number of hydrogen-bond acceptors (Lipinski definition) is 2. The Morgan fingerprint density at radius 1 is 0.833 bits per heavy atom. The summed E-state index contributed by atoms with van der Waals surface area (Å²) in [4.78, 5) is 23.9. The lowest BCUT2D eigenvalue weighted by atomic mass is 9.91. The predicted octanol–water partition coefficient (Wildman–Crippen LogP) is 2.21. The van der Waals surface area contributed by atoms with Gasteiger partial charge in [-0.2, -0.15) is 0 Å². The van der Waals surface area contributed by atoms with Crippen molar-refractivity contribution in [3.8, 4) is 0 Å². The minimum atomic E-state index is -0.249. The molecule has 88 valence electrons. The Balaban J connectivity index is 2.27. The number of imide groups is 1. The van der Waals surface area contributed by atoms with Crippen LogP contribution >= 0.6 is 0 Å². The van der Waals surface area contributed by atoms with Crippen molar-refractivity contribution in [2.24, 2.45) is 0 Å². The Labute approximate surface area is 104 Å². The molecule has 3 nitrogen and oxygen atoms in total. The van der Waals surface area contributed by atoms with Gasteiger partial charge in [-0.15, -0.1) is 0 Å². The second kappa shape index (κ2) is 3.19. The molecule has 18 heavy (non-hydrogen) atoms. The molecule has 0 saturated heterocycles. The van der Waals surface area contributed by atoms with E-state index in [1.807, 2.05) is 18.2 Å². The van der Waals surface area contributed by atoms with E-state index in [0.717, 1.165) is 35.6 Å². The minimum Gasteiger partial charge on any atom is -0.288 e. The van der Waals surface area contributed by atoms with Gasteiger partial charge in [0, 0.05) is 0 Å². The fraction of sp³-hybridized carbons (Fsp3) is 0.200. The molecule has 4 rings (SSSR count). The van der Waals surface area contributed by atoms with E-state index in [-0.39, 0.29) is 11.8 Å². The average Bonchev–Trinajstić information content (AvgIpc) is 2.95. The zero-order chi connectivity index (χ0) is 12.3. The third kappa shape index (κ3) is 1.04. The molecule has 0 aromatic heterocycles. The lowest BCUT2D eigenvalue weighted by Crippen LogP contribution is -2.20. The van der Waals surface area contributed by atoms with Crippen molar-refractivity contribution in [1.82, 2.24) is 5.32 Å². The maximum absolute atomic E-state index is 12.0. The van der Waals surface area contributed by atoms with Gasteiger partial charge in [-0.25, -0.2) is 0 Å². The highest BCUT2D eigenvalue weighted by atomic mass is 16.2. The van der Waals surface area contributed by atoms with Crippen LogP contribution in [0, 0.1) is 0 Å². The van der Waals surface area contributed by atoms with Gasteiger partial charge in [-0.3, -0.25) is 14.9 Å². The highest BCUT2D eigenvalue weighted by Gasteiger charge is 2.34. The van der Waals surface area contributed by atoms with E-state index in [0.29, 0.717) is 11.1 Å². The summed E-state index contributed by atoms with van der Waals surface area (Å²) in [6.45, 7) is 0. The van der Waals surface area contributed by atoms with Gasteiger partial charge >= 0.3 is 0 Å². The molecule has 0 unspecified atom stereocenters. The standard InChI is InChI=1S/C15H11NO2/c17-14-12-10-5-2-1-4-8(10)9-6-3-7-11(9)13(12)15(18)16-14/h1-2,4-5H,3,6-7H2,(H,16,17,18). The fourth-order valence-electron chi connectivity index (χ4n) is 3.28. The van der Waals surface area contributed by atoms with E-state index in [4.69, 9.17) is 0 Å². The third-order valence-corrected chi connectivity index (χ3v) is 3.97. The lowest BCUT2D eigenvalue weighted by molar-refractivity contribution is 0.0880. The average molecular weight is 237 g/mol. The van der Waals surface area contributed by atoms with Gasteiger partial charge in [-0.05, 0) is 41.2 Å². The third-order valence-electron chi connectivity index (χ3n) is 3.97. The number of amides is 2. The van der Waals surface area contributed by atoms with Crippen LogP contribution in [0.15, 0.2) is 24.3 Å². The van der Waals surface area contributed by atoms with Crippen LogP contribution in [0.1, 0.15) is 38.3 Å². The number of carbonyl (C=O) groups excluding carboxylic acids is 2. The normalized spacial score (nSPS) is 16.9. The van der Waals surface area contributed by atoms with Crippen LogP contribution in [0.4, 0.5) is 0 Å². The molecule has 2 amide bonds. The summed E-state index contributed by atoms with van der Waals surface area (Å²) in [5.74, 6) is -0.472. The summed E-state index contributed by atoms with van der Waals surface area (Å²) < 4.78 is 0. The van der Waals surface area contributed by atoms with Crippen LogP contribution in [-0.2, 0) is 12.8 Å². The van der Waals surface area contributed by atoms with Gasteiger partial charge in [0.15, 0.2) is 0 Å². The molecule has 3 heteroatoms. The summed E-state index contributed by atoms with van der Waals surface area (Å²) >= 11 is 0. The van der Waals surface area contributed by atoms with Crippen LogP contribution < -0.4 is 5.32 Å². The zero-order valence-electron chi connectivity index (χ0n) is 9.75. The Bertz CT molecular complexity index is 731. The number of carbonyl (C=O) groups is 2. The fourth-order valence-corrected chi connectivity index (χ4v) is 3.28. The molecule has 0 saturated carbocycles. The molecule has 1 aliphatic heterocycles. The summed E-state index contributed by atoms with van der Waals surface area (Å²) in [6, 6.07) is 7.89. The van der Waals surface area contributed by atoms with Gasteiger partial charge in [0.25, 0.3) is 11.8 Å². The van der Waals surface area contributed by atoms with E-state index >= 15 is 0 Å². The summed E-state index contributed by atoms with van der Waals surface area (Å²) in [6.07, 6.45) is 2.98. The van der Waals surface area contributed by atoms with Crippen molar-refractivity contribution in [2.45, 2.75) is 19.3 Å². The monoisotopic (exact) mass is 237 g/mol. The Morgan fingerprint density at radius 3 is 2.33 bits per heavy atom. The lowest BCUT2D eigenvalue weighted by Gasteiger charge is -2.10. The quantitative estimate of drug-likeness (QED) is 0.714. The van der Waals surface area contributed by atoms with Gasteiger partial charge in [0.05, 0.1) is 11.1 Å². The molecule has 0 fully saturated rings. The predicted molar refractivity (Wildman–Crippen MR) is 67.8 cm³/mol. The molecule has 1 heterocycles. The van der Waals surface area contributed by atoms with Crippen molar-refractivity contribution < 1.29 is 9.59 Å². The highest BCUT2D eigenvalue weighted by Crippen LogP contribution is 2.37. The summed E-state index contributed by atoms with van der Waals surface area (Å²) in [5.41, 5.74) is 3.56. The van der Waals surface area contributed by atoms with Gasteiger partial charge in [-0.1, -0.05) is 24.3 Å². The Hall–Kier alpha value is -2.16. The first-order valence-electron chi connectivity index (χ1n) is 6.19. The van der Waals surface area contributed by atoms with E-state index in [9.17, 15) is 9.59 Å². The maximum Gasteiger partial charge on any atom is 0.259 e. The zero-order valence-corrected chi connectivity index (χ0v) is 9.75. The Morgan fingerprint density at radius 2 is 1.50 bits per heavy atom. The number of hydrogen-bond donors (Lipinski definition) is 1. The molecule has 2 aromatic carbocycles. The van der Waals surface area contributed by atoms with Crippen LogP contribution in [0.5, 0.6) is 0 Å². The maximum atomic E-state index is 12.0. The highest BCUT2D eigenvalue weighted by molar-refractivity contribution is 6.27. The van der Waals surface area contributed by atoms with Crippen molar-refractivity contribution in [1.29, 1.82) is 0 Å². The first kappa shape index (κ1) is 9.83. The van der Waals surface area contributed by atoms with Crippen LogP contribution in [0.3, 0.4) is 0 Å². The van der Waals surface area contributed by atoms with Gasteiger partial charge in [0.1, 0.15) is 0 Å². The minimum absolute atomic E-state index is 0.223. The number of fused-ring (bicyclic) bond motifs is 6. The second-order valence-corrected chi connectivity index (χ2v) is 4.89. The SMILES string of the molecule is O=C1NC(=O)c2c1c1c(c3ccccc23)CCC1. The summed E-state index contributed by atoms with van der Waals surface area (Å²) in [5, 5.41) is 4.47. The van der Waals surface area contributed by atoms with E-state index in [2.05, 4.69) is 11.4 Å². The smallest absolute Gasteiger partial charge is 0.259 e. The molecule has 2 aromatic rings. The van der Waals surface area contributed by atoms with Crippen molar-refractivity contribution in [3.63, 3.8) is 0 Å². The molecular formula is C15H11NO2. The second-order valence-electron chi connectivity index (χ2n) is 4.89. The van der Waals surface area contributed by atoms with E-state index in [1.54, 1.807) is 0 Å². The van der Waals surface area contributed by atoms with Crippen LogP contribution in [0.25, 0.3) is 10.8 Å². The number of rotatable bonds is 0. The molecule has 0 atom stereocenters. The van der Waals surface area contributed by atoms with Gasteiger partial charge < -0.3 is 0 Å². The van der Waals surface area contributed by atoms with Crippen molar-refractivity contribution in [2.75, 3.05) is 0 Å². The number of benzene rings is 2. The molecule has 0 radical (unpaired) electrons. The van der Waals surface area contributed by atoms with Gasteiger partial charge in [0.2, 0.25) is 0 Å². The topological polar surface area (TPSA) is 46.2 Å². The van der Waals surface area contributed by atoms with Crippen LogP contribution in [-0.4, -0.2) is 11.8 Å². The number of nitrogens with one attached hydrogen (secondary N) is 1. The number of aryl methyl sites for hydroxylation is 1. The first-order chi connectivity index (χ1) is 8.77. The molecule has 2 aliphatic rings. The molecule has 0 bridgehead atoms. The van der Waals surface area contributed by atoms with E-state index in [1.165, 1.54) is 5.56 Å². The molecule has 1 aliphatic carbocycles. The van der Waals surface area contributed by atoms with Crippen molar-refractivity contribution in [3.05, 3.63) is 46.5 Å².